The van der Waals surface area contributed by atoms with Crippen molar-refractivity contribution < 1.29 is 206 Å². The number of anilines is 2. The molecule has 53 heavy (non-hydrogen) atoms. The van der Waals surface area contributed by atoms with Gasteiger partial charge in [0.05, 0.1) is 47.1 Å². The minimum absolute atomic E-state index is 0. The molecule has 3 rings (SSSR count). The molecule has 1 heterocycles. The Morgan fingerprint density at radius 2 is 1.34 bits per heavy atom. The van der Waals surface area contributed by atoms with Gasteiger partial charge in [-0.2, -0.15) is 5.10 Å². The minimum atomic E-state index is -4.97. The fourth-order valence-electron chi connectivity index (χ4n) is 4.46. The molecule has 0 aliphatic carbocycles. The molecule has 3 aromatic rings. The van der Waals surface area contributed by atoms with Gasteiger partial charge in [-0.05, 0) is 56.0 Å². The number of amides is 1. The van der Waals surface area contributed by atoms with Crippen LogP contribution in [0.4, 0.5) is 22.9 Å². The van der Waals surface area contributed by atoms with Gasteiger partial charge in [0.15, 0.2) is 15.7 Å². The van der Waals surface area contributed by atoms with E-state index in [0.717, 1.165) is 29.3 Å². The SMILES string of the molecule is CC(=O)Nc1cc(N(CCCCS(=O)(=O)[O-])CCCCS(=O)(=O)[O-])ccc1N=Nc1c(S(C)(=O)=O)cnn1-c1c(Cl)cc(S(=O)(=O)[O-])cc1Cl.[K+].[K+].[K+]. The third-order valence-corrected chi connectivity index (χ3v) is 10.7. The zero-order chi connectivity index (χ0) is 37.7. The summed E-state index contributed by atoms with van der Waals surface area (Å²) in [6, 6.07) is 5.99. The molecule has 0 aliphatic rings. The number of hydrogen-bond donors (Lipinski definition) is 1. The number of unbranched alkanes of at least 4 members (excludes halogenated alkanes) is 2. The summed E-state index contributed by atoms with van der Waals surface area (Å²) in [6.07, 6.45) is 2.31. The molecule has 2 aromatic carbocycles. The Bertz CT molecular complexity index is 2180. The van der Waals surface area contributed by atoms with Gasteiger partial charge in [-0.1, -0.05) is 23.2 Å². The van der Waals surface area contributed by atoms with E-state index in [1.807, 2.05) is 0 Å². The first kappa shape index (κ1) is 54.7. The molecule has 276 valence electrons. The van der Waals surface area contributed by atoms with Crippen molar-refractivity contribution in [1.82, 2.24) is 9.78 Å². The number of nitrogens with one attached hydrogen (secondary N) is 1. The second-order valence-corrected chi connectivity index (χ2v) is 17.9. The van der Waals surface area contributed by atoms with Crippen molar-refractivity contribution in [2.75, 3.05) is 41.1 Å². The van der Waals surface area contributed by atoms with E-state index in [0.29, 0.717) is 5.69 Å². The van der Waals surface area contributed by atoms with Gasteiger partial charge in [-0.3, -0.25) is 4.79 Å². The summed E-state index contributed by atoms with van der Waals surface area (Å²) in [7, 11) is -17.9. The van der Waals surface area contributed by atoms with Crippen LogP contribution in [0, 0.1) is 0 Å². The Labute approximate surface area is 445 Å². The molecule has 0 bridgehead atoms. The zero-order valence-corrected chi connectivity index (χ0v) is 43.3. The van der Waals surface area contributed by atoms with Gasteiger partial charge in [0.1, 0.15) is 26.4 Å². The average molecular weight is 934 g/mol. The fourth-order valence-corrected chi connectivity index (χ4v) is 7.58. The number of azo groups is 1. The fraction of sp³-hybridized carbons (Fsp3) is 0.385. The van der Waals surface area contributed by atoms with Crippen LogP contribution in [0.25, 0.3) is 5.69 Å². The van der Waals surface area contributed by atoms with Crippen molar-refractivity contribution in [2.45, 2.75) is 42.4 Å². The summed E-state index contributed by atoms with van der Waals surface area (Å²) in [6.45, 7) is 1.60. The Balaban J connectivity index is 0.00000901. The number of carbonyl (C=O) groups excluding carboxylic acids is 1. The Morgan fingerprint density at radius 3 is 1.77 bits per heavy atom. The van der Waals surface area contributed by atoms with Crippen molar-refractivity contribution in [1.29, 1.82) is 0 Å². The standard InChI is InChI=1S/C26H32Cl2N6O12S4.3K/c1-17(35)30-23-13-18(33(9-3-5-11-48(38,39)40)10-4-6-12-49(41,42)43)7-8-22(23)31-32-26-24(47(2,36)37)16-29-34(26)25-20(27)14-19(15-21(25)28)50(44,45)46;;;/h7-8,13-16H,3-6,9-12H2,1-2H3,(H,30,35)(H,38,39,40)(H,41,42,43)(H,44,45,46);;;/q;3*+1/p-3. The van der Waals surface area contributed by atoms with Crippen LogP contribution in [0.2, 0.25) is 10.0 Å². The first-order chi connectivity index (χ1) is 23.0. The van der Waals surface area contributed by atoms with Crippen molar-refractivity contribution in [2.24, 2.45) is 10.2 Å². The van der Waals surface area contributed by atoms with Gasteiger partial charge in [0.25, 0.3) is 0 Å². The summed E-state index contributed by atoms with van der Waals surface area (Å²) >= 11 is 12.5. The number of sulfone groups is 1. The molecular weight excluding hydrogens is 905 g/mol. The van der Waals surface area contributed by atoms with Crippen molar-refractivity contribution in [3.63, 3.8) is 0 Å². The van der Waals surface area contributed by atoms with Crippen LogP contribution in [0.3, 0.4) is 0 Å². The monoisotopic (exact) mass is 932 g/mol. The number of rotatable bonds is 17. The molecule has 0 aliphatic heterocycles. The average Bonchev–Trinajstić information content (AvgIpc) is 3.37. The Morgan fingerprint density at radius 1 is 0.830 bits per heavy atom. The summed E-state index contributed by atoms with van der Waals surface area (Å²) in [4.78, 5) is 12.6. The van der Waals surface area contributed by atoms with Crippen molar-refractivity contribution >= 4 is 92.2 Å². The quantitative estimate of drug-likeness (QED) is 0.0572. The summed E-state index contributed by atoms with van der Waals surface area (Å²) in [5.41, 5.74) is 0.278. The topological polar surface area (TPSA) is 281 Å². The molecule has 0 atom stereocenters. The van der Waals surface area contributed by atoms with Gasteiger partial charge < -0.3 is 23.9 Å². The van der Waals surface area contributed by atoms with Crippen LogP contribution in [-0.2, 0) is 45.0 Å². The van der Waals surface area contributed by atoms with Gasteiger partial charge in [0.2, 0.25) is 5.91 Å². The minimum Gasteiger partial charge on any atom is -0.748 e. The van der Waals surface area contributed by atoms with Crippen LogP contribution in [0.5, 0.6) is 0 Å². The number of aromatic nitrogens is 2. The summed E-state index contributed by atoms with van der Waals surface area (Å²) in [5.74, 6) is -2.18. The Kier molecular flexibility index (Phi) is 24.2. The van der Waals surface area contributed by atoms with Gasteiger partial charge in [-0.25, -0.2) is 38.4 Å². The number of hydrogen-bond acceptors (Lipinski definition) is 16. The molecule has 18 nitrogen and oxygen atoms in total. The van der Waals surface area contributed by atoms with Gasteiger partial charge in [-0.15, -0.1) is 10.2 Å². The molecule has 0 fully saturated rings. The second kappa shape index (κ2) is 23.5. The number of carbonyl (C=O) groups is 1. The number of halogens is 2. The van der Waals surface area contributed by atoms with Gasteiger partial charge >= 0.3 is 154 Å². The third kappa shape index (κ3) is 18.2. The molecule has 0 saturated carbocycles. The second-order valence-electron chi connectivity index (χ2n) is 10.7. The molecule has 1 aromatic heterocycles. The van der Waals surface area contributed by atoms with E-state index in [2.05, 4.69) is 20.6 Å². The molecule has 1 amide bonds. The predicted molar refractivity (Wildman–Crippen MR) is 179 cm³/mol. The summed E-state index contributed by atoms with van der Waals surface area (Å²) < 4.78 is 127. The van der Waals surface area contributed by atoms with E-state index in [-0.39, 0.29) is 210 Å². The van der Waals surface area contributed by atoms with Crippen LogP contribution >= 0.6 is 23.2 Å². The Hall–Kier alpha value is 1.69. The molecule has 27 heteroatoms. The first-order valence-electron chi connectivity index (χ1n) is 14.1. The number of benzene rings is 2. The summed E-state index contributed by atoms with van der Waals surface area (Å²) in [5, 5.41) is 13.9. The predicted octanol–water partition coefficient (Wildman–Crippen LogP) is -5.67. The molecule has 0 radical (unpaired) electrons. The van der Waals surface area contributed by atoms with E-state index in [1.54, 1.807) is 4.90 Å². The molecule has 0 spiro atoms. The van der Waals surface area contributed by atoms with Crippen LogP contribution in [0.15, 0.2) is 56.5 Å². The molecular formula is C26H29Cl2K3N6O12S4. The van der Waals surface area contributed by atoms with Crippen molar-refractivity contribution in [3.8, 4) is 5.69 Å². The van der Waals surface area contributed by atoms with Gasteiger partial charge in [0, 0.05) is 43.5 Å². The molecule has 0 saturated heterocycles. The zero-order valence-electron chi connectivity index (χ0n) is 29.1. The molecule has 1 N–H and O–H groups in total. The molecule has 0 unspecified atom stereocenters. The van der Waals surface area contributed by atoms with E-state index in [4.69, 9.17) is 23.2 Å². The first-order valence-corrected chi connectivity index (χ1v) is 21.4. The smallest absolute Gasteiger partial charge is 0.748 e. The maximum absolute atomic E-state index is 12.6. The van der Waals surface area contributed by atoms with Crippen molar-refractivity contribution in [3.05, 3.63) is 46.6 Å². The van der Waals surface area contributed by atoms with E-state index >= 15 is 0 Å². The largest absolute Gasteiger partial charge is 1.00 e. The third-order valence-electron chi connectivity index (χ3n) is 6.66. The number of nitrogens with zero attached hydrogens (tertiary/aromatic N) is 5. The van der Waals surface area contributed by atoms with Crippen LogP contribution in [0.1, 0.15) is 32.6 Å². The van der Waals surface area contributed by atoms with E-state index < -0.39 is 83.3 Å². The maximum atomic E-state index is 12.6. The normalized spacial score (nSPS) is 12.1. The van der Waals surface area contributed by atoms with Crippen LogP contribution < -0.4 is 164 Å². The van der Waals surface area contributed by atoms with Crippen LogP contribution in [-0.4, -0.2) is 93.9 Å². The maximum Gasteiger partial charge on any atom is 1.00 e. The van der Waals surface area contributed by atoms with E-state index in [1.165, 1.54) is 25.1 Å². The van der Waals surface area contributed by atoms with E-state index in [9.17, 15) is 52.1 Å².